The third-order valence-electron chi connectivity index (χ3n) is 9.72. The van der Waals surface area contributed by atoms with Gasteiger partial charge < -0.3 is 9.64 Å². The maximum atomic E-state index is 13.5. The van der Waals surface area contributed by atoms with Crippen LogP contribution in [-0.2, 0) is 14.8 Å². The molecular formula is C29H45N3O4S. The fraction of sp³-hybridized carbons (Fsp3) is 0.759. The molecule has 37 heavy (non-hydrogen) atoms. The standard InChI is InChI=1S/C29H45N3O4S/c1-21-18-22(2)27(23(3)19-21)37(34,35)31-14-10-26(11-15-31)30-16-12-29(13-17-30)24(4)32(28(33)36-29)20-25-8-6-5-7-9-25/h18-19,24-26H,5-17,20H2,1-4H3. The van der Waals surface area contributed by atoms with E-state index in [4.69, 9.17) is 4.74 Å². The predicted octanol–water partition coefficient (Wildman–Crippen LogP) is 5.02. The van der Waals surface area contributed by atoms with Gasteiger partial charge in [0.25, 0.3) is 0 Å². The molecule has 3 aliphatic heterocycles. The third-order valence-corrected chi connectivity index (χ3v) is 11.9. The van der Waals surface area contributed by atoms with Crippen molar-refractivity contribution in [1.29, 1.82) is 0 Å². The Morgan fingerprint density at radius 1 is 0.919 bits per heavy atom. The number of aryl methyl sites for hydroxylation is 3. The average Bonchev–Trinajstić information content (AvgIpc) is 3.08. The van der Waals surface area contributed by atoms with E-state index in [9.17, 15) is 13.2 Å². The van der Waals surface area contributed by atoms with Crippen LogP contribution in [0.25, 0.3) is 0 Å². The summed E-state index contributed by atoms with van der Waals surface area (Å²) in [4.78, 5) is 17.9. The minimum atomic E-state index is -3.49. The second kappa shape index (κ2) is 10.5. The van der Waals surface area contributed by atoms with Crippen molar-refractivity contribution in [1.82, 2.24) is 14.1 Å². The van der Waals surface area contributed by atoms with Gasteiger partial charge in [0, 0.05) is 51.6 Å². The number of ether oxygens (including phenoxy) is 1. The average molecular weight is 532 g/mol. The van der Waals surface area contributed by atoms with E-state index in [0.717, 1.165) is 62.0 Å². The first-order valence-electron chi connectivity index (χ1n) is 14.4. The summed E-state index contributed by atoms with van der Waals surface area (Å²) < 4.78 is 34.8. The highest BCUT2D eigenvalue weighted by Crippen LogP contribution is 2.41. The van der Waals surface area contributed by atoms with Crippen LogP contribution >= 0.6 is 0 Å². The molecule has 1 amide bonds. The summed E-state index contributed by atoms with van der Waals surface area (Å²) in [5.74, 6) is 0.618. The molecule has 3 saturated heterocycles. The Morgan fingerprint density at radius 3 is 2.11 bits per heavy atom. The number of rotatable bonds is 5. The molecule has 4 aliphatic rings. The van der Waals surface area contributed by atoms with E-state index in [1.165, 1.54) is 32.1 Å². The summed E-state index contributed by atoms with van der Waals surface area (Å²) in [7, 11) is -3.49. The van der Waals surface area contributed by atoms with Crippen molar-refractivity contribution in [3.63, 3.8) is 0 Å². The highest BCUT2D eigenvalue weighted by molar-refractivity contribution is 7.89. The molecule has 1 saturated carbocycles. The fourth-order valence-corrected chi connectivity index (χ4v) is 9.46. The van der Waals surface area contributed by atoms with Crippen LogP contribution < -0.4 is 0 Å². The highest BCUT2D eigenvalue weighted by Gasteiger charge is 2.53. The van der Waals surface area contributed by atoms with Crippen LogP contribution in [0.15, 0.2) is 17.0 Å². The molecule has 1 spiro atoms. The molecule has 3 heterocycles. The Bertz CT molecular complexity index is 1080. The number of sulfonamides is 1. The lowest BCUT2D eigenvalue weighted by Gasteiger charge is -2.45. The Labute approximate surface area is 223 Å². The summed E-state index contributed by atoms with van der Waals surface area (Å²) in [5, 5.41) is 0. The lowest BCUT2D eigenvalue weighted by Crippen LogP contribution is -2.55. The first kappa shape index (κ1) is 26.9. The molecular weight excluding hydrogens is 486 g/mol. The molecule has 0 bridgehead atoms. The number of carbonyl (C=O) groups excluding carboxylic acids is 1. The summed E-state index contributed by atoms with van der Waals surface area (Å²) in [6.45, 7) is 11.8. The van der Waals surface area contributed by atoms with Crippen LogP contribution in [0, 0.1) is 26.7 Å². The maximum absolute atomic E-state index is 13.5. The normalized spacial score (nSPS) is 26.6. The number of likely N-dealkylation sites (tertiary alicyclic amines) is 1. The SMILES string of the molecule is Cc1cc(C)c(S(=O)(=O)N2CCC(N3CCC4(CC3)OC(=O)N(CC3CCCCC3)C4C)CC2)c(C)c1. The van der Waals surface area contributed by atoms with Gasteiger partial charge in [-0.3, -0.25) is 4.90 Å². The van der Waals surface area contributed by atoms with Crippen LogP contribution in [0.4, 0.5) is 4.79 Å². The summed E-state index contributed by atoms with van der Waals surface area (Å²) in [6.07, 6.45) is 9.66. The number of benzene rings is 1. The fourth-order valence-electron chi connectivity index (χ4n) is 7.58. The van der Waals surface area contributed by atoms with Crippen molar-refractivity contribution >= 4 is 16.1 Å². The van der Waals surface area contributed by atoms with Gasteiger partial charge in [-0.2, -0.15) is 4.31 Å². The van der Waals surface area contributed by atoms with Crippen LogP contribution in [0.5, 0.6) is 0 Å². The number of hydrogen-bond acceptors (Lipinski definition) is 5. The molecule has 4 fully saturated rings. The lowest BCUT2D eigenvalue weighted by molar-refractivity contribution is -0.0322. The molecule has 1 aromatic rings. The molecule has 1 unspecified atom stereocenters. The van der Waals surface area contributed by atoms with Gasteiger partial charge in [-0.25, -0.2) is 13.2 Å². The van der Waals surface area contributed by atoms with Crippen LogP contribution in [0.2, 0.25) is 0 Å². The summed E-state index contributed by atoms with van der Waals surface area (Å²) in [6, 6.07) is 4.43. The molecule has 0 aromatic heterocycles. The molecule has 1 aromatic carbocycles. The van der Waals surface area contributed by atoms with Gasteiger partial charge in [0.05, 0.1) is 10.9 Å². The number of nitrogens with zero attached hydrogens (tertiary/aromatic N) is 3. The highest BCUT2D eigenvalue weighted by atomic mass is 32.2. The van der Waals surface area contributed by atoms with Gasteiger partial charge in [0.2, 0.25) is 10.0 Å². The zero-order valence-corrected chi connectivity index (χ0v) is 24.0. The summed E-state index contributed by atoms with van der Waals surface area (Å²) >= 11 is 0. The number of amides is 1. The Morgan fingerprint density at radius 2 is 1.51 bits per heavy atom. The lowest BCUT2D eigenvalue weighted by atomic mass is 9.83. The topological polar surface area (TPSA) is 70.2 Å². The third kappa shape index (κ3) is 5.18. The molecule has 7 nitrogen and oxygen atoms in total. The molecule has 8 heteroatoms. The van der Waals surface area contributed by atoms with Crippen molar-refractivity contribution in [2.45, 2.75) is 108 Å². The van der Waals surface area contributed by atoms with E-state index < -0.39 is 10.0 Å². The van der Waals surface area contributed by atoms with Crippen LogP contribution in [0.1, 0.15) is 81.4 Å². The largest absolute Gasteiger partial charge is 0.440 e. The van der Waals surface area contributed by atoms with E-state index >= 15 is 0 Å². The zero-order valence-electron chi connectivity index (χ0n) is 23.2. The molecule has 0 radical (unpaired) electrons. The molecule has 1 aliphatic carbocycles. The number of hydrogen-bond donors (Lipinski definition) is 0. The van der Waals surface area contributed by atoms with E-state index in [-0.39, 0.29) is 17.7 Å². The van der Waals surface area contributed by atoms with Crippen molar-refractivity contribution < 1.29 is 17.9 Å². The van der Waals surface area contributed by atoms with Crippen molar-refractivity contribution in [2.24, 2.45) is 5.92 Å². The van der Waals surface area contributed by atoms with Crippen molar-refractivity contribution in [3.05, 3.63) is 28.8 Å². The second-order valence-corrected chi connectivity index (χ2v) is 14.0. The van der Waals surface area contributed by atoms with Crippen molar-refractivity contribution in [3.8, 4) is 0 Å². The Balaban J connectivity index is 1.16. The van der Waals surface area contributed by atoms with Gasteiger partial charge >= 0.3 is 6.09 Å². The van der Waals surface area contributed by atoms with Gasteiger partial charge in [-0.1, -0.05) is 37.0 Å². The minimum absolute atomic E-state index is 0.119. The molecule has 1 atom stereocenters. The maximum Gasteiger partial charge on any atom is 0.410 e. The van der Waals surface area contributed by atoms with Gasteiger partial charge in [0.15, 0.2) is 0 Å². The number of piperidine rings is 2. The van der Waals surface area contributed by atoms with Gasteiger partial charge in [0.1, 0.15) is 5.60 Å². The Kier molecular flexibility index (Phi) is 7.64. The van der Waals surface area contributed by atoms with Crippen LogP contribution in [-0.4, -0.2) is 79.0 Å². The van der Waals surface area contributed by atoms with E-state index in [1.54, 1.807) is 4.31 Å². The van der Waals surface area contributed by atoms with E-state index in [2.05, 4.69) is 11.8 Å². The van der Waals surface area contributed by atoms with Gasteiger partial charge in [-0.05, 0) is 70.4 Å². The predicted molar refractivity (Wildman–Crippen MR) is 145 cm³/mol. The minimum Gasteiger partial charge on any atom is -0.440 e. The van der Waals surface area contributed by atoms with E-state index in [1.807, 2.05) is 37.8 Å². The molecule has 206 valence electrons. The molecule has 0 N–H and O–H groups in total. The van der Waals surface area contributed by atoms with Gasteiger partial charge in [-0.15, -0.1) is 0 Å². The monoisotopic (exact) mass is 531 g/mol. The van der Waals surface area contributed by atoms with Crippen molar-refractivity contribution in [2.75, 3.05) is 32.7 Å². The molecule has 5 rings (SSSR count). The Hall–Kier alpha value is -1.64. The first-order chi connectivity index (χ1) is 17.6. The quantitative estimate of drug-likeness (QED) is 0.534. The first-order valence-corrected chi connectivity index (χ1v) is 15.9. The van der Waals surface area contributed by atoms with E-state index in [0.29, 0.717) is 29.9 Å². The zero-order chi connectivity index (χ0) is 26.4. The summed E-state index contributed by atoms with van der Waals surface area (Å²) in [5.41, 5.74) is 2.39. The number of carbonyl (C=O) groups is 1. The second-order valence-electron chi connectivity index (χ2n) is 12.2. The smallest absolute Gasteiger partial charge is 0.410 e. The van der Waals surface area contributed by atoms with Crippen LogP contribution in [0.3, 0.4) is 0 Å².